The Morgan fingerprint density at radius 1 is 0.247 bits per heavy atom. The van der Waals surface area contributed by atoms with E-state index in [0.29, 0.717) is 25.7 Å². The first-order valence-electron chi connectivity index (χ1n) is 28.6. The third kappa shape index (κ3) is 14.5. The molecule has 0 saturated carbocycles. The van der Waals surface area contributed by atoms with Gasteiger partial charge in [-0.2, -0.15) is 0 Å². The Morgan fingerprint density at radius 2 is 0.424 bits per heavy atom. The van der Waals surface area contributed by atoms with Crippen molar-refractivity contribution in [3.8, 4) is 0 Å². The second-order valence-corrected chi connectivity index (χ2v) is 22.6. The minimum absolute atomic E-state index is 0.0595. The molecule has 0 unspecified atom stereocenters. The summed E-state index contributed by atoms with van der Waals surface area (Å²) in [5.41, 5.74) is 0. The maximum absolute atomic E-state index is 11.7. The van der Waals surface area contributed by atoms with Gasteiger partial charge in [0.2, 0.25) is 0 Å². The maximum Gasteiger partial charge on any atom is 0.187 e. The molecule has 21 fully saturated rings. The number of ether oxygens (including phenoxy) is 14. The molecule has 496 valence electrons. The maximum atomic E-state index is 11.7. The molecule has 0 amide bonds. The van der Waals surface area contributed by atoms with Gasteiger partial charge in [-0.1, -0.05) is 39.5 Å². The summed E-state index contributed by atoms with van der Waals surface area (Å²) >= 11 is 0. The average Bonchev–Trinajstić information content (AvgIpc) is 2.69. The average molecular weight is 1250 g/mol. The highest BCUT2D eigenvalue weighted by Crippen LogP contribution is 2.40. The highest BCUT2D eigenvalue weighted by molar-refractivity contribution is 5.03. The van der Waals surface area contributed by atoms with Gasteiger partial charge in [0.25, 0.3) is 0 Å². The summed E-state index contributed by atoms with van der Waals surface area (Å²) in [6.07, 6.45) is -72.3. The summed E-state index contributed by atoms with van der Waals surface area (Å²) in [5.74, 6) is 0. The molecule has 21 rings (SSSR count). The molecule has 35 nitrogen and oxygen atoms in total. The lowest BCUT2D eigenvalue weighted by Crippen LogP contribution is -2.69. The number of hydrogen-bond donors (Lipinski definition) is 21. The van der Waals surface area contributed by atoms with Crippen molar-refractivity contribution in [1.82, 2.24) is 0 Å². The second kappa shape index (κ2) is 30.4. The number of hydrogen-bond acceptors (Lipinski definition) is 35. The third-order valence-electron chi connectivity index (χ3n) is 16.8. The predicted molar refractivity (Wildman–Crippen MR) is 265 cm³/mol. The Morgan fingerprint density at radius 3 is 0.612 bits per heavy atom. The lowest BCUT2D eigenvalue weighted by Gasteiger charge is -2.50. The molecule has 0 aliphatic carbocycles. The van der Waals surface area contributed by atoms with E-state index in [1.54, 1.807) is 13.8 Å². The molecule has 0 radical (unpaired) electrons. The van der Waals surface area contributed by atoms with Crippen LogP contribution in [-0.2, 0) is 66.3 Å². The first-order valence-corrected chi connectivity index (χ1v) is 28.6. The first kappa shape index (κ1) is 69.5. The molecule has 0 aromatic heterocycles. The van der Waals surface area contributed by atoms with Crippen LogP contribution in [0.1, 0.15) is 52.4 Å². The fourth-order valence-electron chi connectivity index (χ4n) is 11.8. The second-order valence-electron chi connectivity index (χ2n) is 22.6. The van der Waals surface area contributed by atoms with Gasteiger partial charge in [0.15, 0.2) is 44.0 Å². The Bertz CT molecular complexity index is 1980. The van der Waals surface area contributed by atoms with Gasteiger partial charge < -0.3 is 174 Å². The molecule has 21 aliphatic heterocycles. The van der Waals surface area contributed by atoms with E-state index in [4.69, 9.17) is 66.3 Å². The summed E-state index contributed by atoms with van der Waals surface area (Å²) in [6, 6.07) is 0. The summed E-state index contributed by atoms with van der Waals surface area (Å²) in [4.78, 5) is 0. The standard InChI is InChI=1S/C50H86O35/c1-3-5-7-14(56)35-42-27(64)34(71)50(78-35)83-41-20(13-55)74-46(30(67)23(41)60)81-39-18(11-53)76-48(32(69)25(39)62)85-43-26(63)33(70)49(77-36(43)15(57)8-6-4-2)82-40-19(12-54)73-45(29(66)22(40)59)79-37-16(9-51)72-44(28(65)21(37)58)80-38-17(10-52)75-47(84-42)31(68)24(38)61/h14-71H,3-13H2,1-2H3/t14-,15-,16-,17-,18-,19-,20-,21-,22-,23-,24-,25-,26-,27-,28-,29-,30-,31-,32-,33-,34-,35-,36-,37-,38-,39-,40-,41-,42+,43+,44-,45-,46-,47-,48-,49-,50-/m1/s1. The molecule has 85 heavy (non-hydrogen) atoms. The topological polar surface area (TPSA) is 554 Å². The van der Waals surface area contributed by atoms with Crippen molar-refractivity contribution < 1.29 is 174 Å². The molecule has 0 spiro atoms. The molecule has 21 saturated heterocycles. The van der Waals surface area contributed by atoms with E-state index >= 15 is 0 Å². The highest BCUT2D eigenvalue weighted by atomic mass is 16.8. The van der Waals surface area contributed by atoms with Gasteiger partial charge >= 0.3 is 0 Å². The van der Waals surface area contributed by atoms with Crippen LogP contribution >= 0.6 is 0 Å². The molecular formula is C50H86O35. The van der Waals surface area contributed by atoms with Gasteiger partial charge in [-0.3, -0.25) is 0 Å². The first-order chi connectivity index (χ1) is 40.5. The normalized spacial score (nSPS) is 52.1. The van der Waals surface area contributed by atoms with Crippen LogP contribution in [0.15, 0.2) is 0 Å². The van der Waals surface area contributed by atoms with Crippen LogP contribution in [0.5, 0.6) is 0 Å². The molecule has 21 N–H and O–H groups in total. The molecule has 35 heteroatoms. The Labute approximate surface area is 485 Å². The monoisotopic (exact) mass is 1250 g/mol. The van der Waals surface area contributed by atoms with Crippen molar-refractivity contribution in [2.24, 2.45) is 0 Å². The molecule has 0 aromatic rings. The zero-order chi connectivity index (χ0) is 62.0. The van der Waals surface area contributed by atoms with Crippen molar-refractivity contribution in [2.45, 2.75) is 280 Å². The quantitative estimate of drug-likeness (QED) is 0.0814. The minimum atomic E-state index is -2.22. The van der Waals surface area contributed by atoms with E-state index in [1.807, 2.05) is 0 Å². The van der Waals surface area contributed by atoms with Crippen LogP contribution in [-0.4, -0.2) is 367 Å². The van der Waals surface area contributed by atoms with Crippen molar-refractivity contribution in [2.75, 3.05) is 33.0 Å². The lowest BCUT2D eigenvalue weighted by atomic mass is 9.92. The van der Waals surface area contributed by atoms with Gasteiger partial charge in [-0.25, -0.2) is 0 Å². The van der Waals surface area contributed by atoms with Gasteiger partial charge in [-0.15, -0.1) is 0 Å². The smallest absolute Gasteiger partial charge is 0.187 e. The number of aliphatic hydroxyl groups is 21. The third-order valence-corrected chi connectivity index (χ3v) is 16.8. The molecule has 21 aliphatic rings. The summed E-state index contributed by atoms with van der Waals surface area (Å²) in [7, 11) is 0. The number of aliphatic hydroxyl groups excluding tert-OH is 21. The molecule has 0 aromatic carbocycles. The highest BCUT2D eigenvalue weighted by Gasteiger charge is 2.60. The zero-order valence-corrected chi connectivity index (χ0v) is 46.2. The lowest BCUT2D eigenvalue weighted by molar-refractivity contribution is -0.399. The Balaban J connectivity index is 1.12. The number of unbranched alkanes of at least 4 members (excludes halogenated alkanes) is 2. The summed E-state index contributed by atoms with van der Waals surface area (Å²) in [5, 5.41) is 237. The van der Waals surface area contributed by atoms with Gasteiger partial charge in [0.1, 0.15) is 171 Å². The van der Waals surface area contributed by atoms with Gasteiger partial charge in [0.05, 0.1) is 45.2 Å². The van der Waals surface area contributed by atoms with Crippen molar-refractivity contribution in [3.63, 3.8) is 0 Å². The summed E-state index contributed by atoms with van der Waals surface area (Å²) in [6.45, 7) is -1.68. The van der Waals surface area contributed by atoms with Crippen molar-refractivity contribution in [3.05, 3.63) is 0 Å². The van der Waals surface area contributed by atoms with Crippen molar-refractivity contribution >= 4 is 0 Å². The number of rotatable bonds is 13. The van der Waals surface area contributed by atoms with Crippen LogP contribution in [0.4, 0.5) is 0 Å². The SMILES string of the molecule is CCCC[C@@H](O)[C@H]1O[C@@H]2O[C@H]3[C@H](O)[C@@H](O)[C@@H](O[C@H]4[C@H](O)[C@@H](O)[C@@H](O[C@H]5[C@H](O)[C@@H](O)[C@@H](O[C@H]6[C@H](O)[C@@H](O)[C@H](O[C@@H]6[C@H](O)CCCC)O[C@H]6[C@H](O)[C@@H](O)[C@@H](O[C@H]7[C@H](O)[C@@H](O)[C@@H](O[C@H]1[C@H](O)[C@H]2O)O[C@@H]7CO)O[C@@H]6CO)O[C@@H]5CO)O[C@@H]4CO)O[C@@H]3CO. The Hall–Kier alpha value is -1.40. The van der Waals surface area contributed by atoms with E-state index in [1.165, 1.54) is 0 Å². The van der Waals surface area contributed by atoms with Crippen LogP contribution in [0.3, 0.4) is 0 Å². The fraction of sp³-hybridized carbons (Fsp3) is 1.00. The van der Waals surface area contributed by atoms with E-state index in [-0.39, 0.29) is 12.8 Å². The molecule has 14 bridgehead atoms. The van der Waals surface area contributed by atoms with Gasteiger partial charge in [0, 0.05) is 0 Å². The molecule has 21 heterocycles. The van der Waals surface area contributed by atoms with E-state index in [9.17, 15) is 107 Å². The predicted octanol–water partition coefficient (Wildman–Crippen LogP) is -12.1. The van der Waals surface area contributed by atoms with Crippen LogP contribution in [0.25, 0.3) is 0 Å². The van der Waals surface area contributed by atoms with Crippen molar-refractivity contribution in [1.29, 1.82) is 0 Å². The van der Waals surface area contributed by atoms with Crippen LogP contribution in [0.2, 0.25) is 0 Å². The van der Waals surface area contributed by atoms with Crippen LogP contribution in [0, 0.1) is 0 Å². The minimum Gasteiger partial charge on any atom is -0.394 e. The van der Waals surface area contributed by atoms with Gasteiger partial charge in [-0.05, 0) is 12.8 Å². The van der Waals surface area contributed by atoms with E-state index < -0.39 is 260 Å². The van der Waals surface area contributed by atoms with E-state index in [0.717, 1.165) is 0 Å². The molecule has 37 atom stereocenters. The van der Waals surface area contributed by atoms with Crippen LogP contribution < -0.4 is 0 Å². The summed E-state index contributed by atoms with van der Waals surface area (Å²) < 4.78 is 81.8. The zero-order valence-electron chi connectivity index (χ0n) is 46.2. The largest absolute Gasteiger partial charge is 0.394 e. The fourth-order valence-corrected chi connectivity index (χ4v) is 11.8. The molecular weight excluding hydrogens is 1160 g/mol. The van der Waals surface area contributed by atoms with E-state index in [2.05, 4.69) is 0 Å². The Kier molecular flexibility index (Phi) is 24.8.